The number of hydrogen-bond donors (Lipinski definition) is 0. The van der Waals surface area contributed by atoms with E-state index in [0.717, 1.165) is 6.42 Å². The zero-order valence-electron chi connectivity index (χ0n) is 11.3. The molecule has 0 fully saturated rings. The average molecular weight is 309 g/mol. The summed E-state index contributed by atoms with van der Waals surface area (Å²) in [5, 5.41) is 7.46. The molecule has 0 saturated carbocycles. The van der Waals surface area contributed by atoms with Gasteiger partial charge in [-0.15, -0.1) is 12.3 Å². The van der Waals surface area contributed by atoms with Crippen LogP contribution in [-0.2, 0) is 9.84 Å². The summed E-state index contributed by atoms with van der Waals surface area (Å²) in [5.41, 5.74) is 0. The quantitative estimate of drug-likeness (QED) is 0.647. The zero-order chi connectivity index (χ0) is 15.8. The summed E-state index contributed by atoms with van der Waals surface area (Å²) < 4.78 is 59.6. The van der Waals surface area contributed by atoms with Gasteiger partial charge in [0.1, 0.15) is 5.25 Å². The number of terminal acetylenes is 1. The van der Waals surface area contributed by atoms with Crippen molar-refractivity contribution < 1.29 is 21.6 Å². The lowest BCUT2D eigenvalue weighted by molar-refractivity contribution is -0.129. The van der Waals surface area contributed by atoms with Crippen LogP contribution in [0, 0.1) is 29.6 Å². The van der Waals surface area contributed by atoms with Crippen LogP contribution in [0.3, 0.4) is 0 Å². The Balaban J connectivity index is 4.60. The Hall–Kier alpha value is -1.21. The summed E-state index contributed by atoms with van der Waals surface area (Å²) in [6, 6.07) is 1.59. The monoisotopic (exact) mass is 309 g/mol. The van der Waals surface area contributed by atoms with E-state index in [1.54, 1.807) is 6.07 Å². The second kappa shape index (κ2) is 8.16. The number of rotatable bonds is 8. The first-order valence-electron chi connectivity index (χ1n) is 6.27. The lowest BCUT2D eigenvalue weighted by Gasteiger charge is -2.15. The van der Waals surface area contributed by atoms with Crippen molar-refractivity contribution >= 4 is 9.84 Å². The summed E-state index contributed by atoms with van der Waals surface area (Å²) in [7, 11) is -4.06. The zero-order valence-corrected chi connectivity index (χ0v) is 12.1. The van der Waals surface area contributed by atoms with Gasteiger partial charge in [-0.05, 0) is 18.8 Å². The number of nitrogens with zero attached hydrogens (tertiary/aromatic N) is 1. The van der Waals surface area contributed by atoms with Crippen LogP contribution in [-0.4, -0.2) is 25.6 Å². The molecule has 0 spiro atoms. The third kappa shape index (κ3) is 7.40. The van der Waals surface area contributed by atoms with Crippen LogP contribution in [0.25, 0.3) is 0 Å². The van der Waals surface area contributed by atoms with Gasteiger partial charge >= 0.3 is 6.18 Å². The van der Waals surface area contributed by atoms with Crippen LogP contribution in [0.1, 0.15) is 39.0 Å². The topological polar surface area (TPSA) is 57.9 Å². The molecule has 0 radical (unpaired) electrons. The third-order valence-electron chi connectivity index (χ3n) is 3.07. The maximum absolute atomic E-state index is 12.1. The maximum atomic E-state index is 12.1. The van der Waals surface area contributed by atoms with Gasteiger partial charge in [-0.3, -0.25) is 0 Å². The highest BCUT2D eigenvalue weighted by molar-refractivity contribution is 7.92. The van der Waals surface area contributed by atoms with Crippen molar-refractivity contribution in [2.75, 3.05) is 5.75 Å². The summed E-state index contributed by atoms with van der Waals surface area (Å²) in [5.74, 6) is 1.51. The van der Waals surface area contributed by atoms with Crippen molar-refractivity contribution in [3.05, 3.63) is 0 Å². The number of alkyl halides is 3. The molecule has 0 saturated heterocycles. The van der Waals surface area contributed by atoms with E-state index in [4.69, 9.17) is 11.7 Å². The van der Waals surface area contributed by atoms with E-state index in [1.165, 1.54) is 0 Å². The Morgan fingerprint density at radius 1 is 1.30 bits per heavy atom. The Morgan fingerprint density at radius 2 is 1.90 bits per heavy atom. The molecular weight excluding hydrogens is 291 g/mol. The number of nitriles is 1. The van der Waals surface area contributed by atoms with Gasteiger partial charge in [0.2, 0.25) is 0 Å². The van der Waals surface area contributed by atoms with E-state index >= 15 is 0 Å². The van der Waals surface area contributed by atoms with Crippen molar-refractivity contribution in [1.29, 1.82) is 5.26 Å². The Kier molecular flexibility index (Phi) is 7.67. The fourth-order valence-corrected chi connectivity index (χ4v) is 3.19. The van der Waals surface area contributed by atoms with Crippen LogP contribution in [0.4, 0.5) is 13.2 Å². The van der Waals surface area contributed by atoms with Gasteiger partial charge in [-0.2, -0.15) is 18.4 Å². The Bertz CT molecular complexity index is 471. The highest BCUT2D eigenvalue weighted by Crippen LogP contribution is 2.24. The van der Waals surface area contributed by atoms with Crippen LogP contribution < -0.4 is 0 Å². The van der Waals surface area contributed by atoms with Gasteiger partial charge in [-0.1, -0.05) is 13.3 Å². The number of halogens is 3. The van der Waals surface area contributed by atoms with Gasteiger partial charge < -0.3 is 0 Å². The predicted molar refractivity (Wildman–Crippen MR) is 70.3 cm³/mol. The van der Waals surface area contributed by atoms with Crippen LogP contribution >= 0.6 is 0 Å². The largest absolute Gasteiger partial charge is 0.390 e. The molecule has 114 valence electrons. The molecule has 0 amide bonds. The van der Waals surface area contributed by atoms with Crippen molar-refractivity contribution in [2.24, 2.45) is 5.92 Å². The molecule has 0 aliphatic rings. The molecule has 0 aromatic carbocycles. The first kappa shape index (κ1) is 18.8. The predicted octanol–water partition coefficient (Wildman–Crippen LogP) is 3.08. The van der Waals surface area contributed by atoms with Gasteiger partial charge in [0.15, 0.2) is 9.84 Å². The first-order valence-corrected chi connectivity index (χ1v) is 7.99. The highest BCUT2D eigenvalue weighted by Gasteiger charge is 2.33. The van der Waals surface area contributed by atoms with E-state index < -0.39 is 33.4 Å². The molecule has 7 heteroatoms. The molecule has 0 aromatic heterocycles. The van der Waals surface area contributed by atoms with E-state index in [0.29, 0.717) is 12.8 Å². The summed E-state index contributed by atoms with van der Waals surface area (Å²) in [6.07, 6.45) is 0.862. The molecule has 0 rings (SSSR count). The standard InChI is InChI=1S/C13H18F3NO2S/c1-3-5-11(4-2)6-7-12(10-17)20(18,19)9-8-13(14,15)16/h1,11-12H,4-9H2,2H3. The molecule has 0 N–H and O–H groups in total. The molecular formula is C13H18F3NO2S. The highest BCUT2D eigenvalue weighted by atomic mass is 32.2. The molecule has 2 unspecified atom stereocenters. The Labute approximate surface area is 118 Å². The minimum Gasteiger partial charge on any atom is -0.227 e. The lowest BCUT2D eigenvalue weighted by atomic mass is 9.96. The molecule has 0 aromatic rings. The molecule has 0 bridgehead atoms. The number of sulfone groups is 1. The summed E-state index contributed by atoms with van der Waals surface area (Å²) in [4.78, 5) is 0. The molecule has 20 heavy (non-hydrogen) atoms. The first-order chi connectivity index (χ1) is 9.16. The van der Waals surface area contributed by atoms with Crippen LogP contribution in [0.15, 0.2) is 0 Å². The SMILES string of the molecule is C#CCC(CC)CCC(C#N)S(=O)(=O)CCC(F)(F)F. The molecule has 0 aliphatic heterocycles. The maximum Gasteiger partial charge on any atom is 0.390 e. The van der Waals surface area contributed by atoms with Gasteiger partial charge in [-0.25, -0.2) is 8.42 Å². The van der Waals surface area contributed by atoms with E-state index in [2.05, 4.69) is 5.92 Å². The van der Waals surface area contributed by atoms with Crippen molar-refractivity contribution in [3.8, 4) is 18.4 Å². The minimum atomic E-state index is -4.54. The lowest BCUT2D eigenvalue weighted by Crippen LogP contribution is -2.26. The smallest absolute Gasteiger partial charge is 0.227 e. The fourth-order valence-electron chi connectivity index (χ4n) is 1.73. The van der Waals surface area contributed by atoms with Crippen molar-refractivity contribution in [3.63, 3.8) is 0 Å². The second-order valence-corrected chi connectivity index (χ2v) is 6.91. The van der Waals surface area contributed by atoms with E-state index in [1.807, 2.05) is 6.92 Å². The second-order valence-electron chi connectivity index (χ2n) is 4.61. The molecule has 3 nitrogen and oxygen atoms in total. The minimum absolute atomic E-state index is 0.0247. The van der Waals surface area contributed by atoms with Crippen LogP contribution in [0.5, 0.6) is 0 Å². The van der Waals surface area contributed by atoms with Crippen molar-refractivity contribution in [2.45, 2.75) is 50.5 Å². The van der Waals surface area contributed by atoms with Gasteiger partial charge in [0, 0.05) is 6.42 Å². The van der Waals surface area contributed by atoms with E-state index in [9.17, 15) is 21.6 Å². The average Bonchev–Trinajstić information content (AvgIpc) is 2.35. The van der Waals surface area contributed by atoms with Crippen molar-refractivity contribution in [1.82, 2.24) is 0 Å². The number of hydrogen-bond acceptors (Lipinski definition) is 3. The summed E-state index contributed by atoms with van der Waals surface area (Å²) >= 11 is 0. The fraction of sp³-hybridized carbons (Fsp3) is 0.769. The van der Waals surface area contributed by atoms with Gasteiger partial charge in [0.25, 0.3) is 0 Å². The molecule has 0 aliphatic carbocycles. The normalized spacial score (nSPS) is 15.1. The third-order valence-corrected chi connectivity index (χ3v) is 5.05. The van der Waals surface area contributed by atoms with E-state index in [-0.39, 0.29) is 12.3 Å². The summed E-state index contributed by atoms with van der Waals surface area (Å²) in [6.45, 7) is 1.89. The van der Waals surface area contributed by atoms with Crippen LogP contribution in [0.2, 0.25) is 0 Å². The van der Waals surface area contributed by atoms with Gasteiger partial charge in [0.05, 0.1) is 18.2 Å². The Morgan fingerprint density at radius 3 is 2.30 bits per heavy atom. The molecule has 2 atom stereocenters. The molecule has 0 heterocycles.